The standard InChI is InChI=1S/C15H24O4/c1-12(2)14(17)18-11-7-8-13(16)19-15(3)9-5-4-6-10-15/h1,4-11H2,2-3H3. The van der Waals surface area contributed by atoms with E-state index in [9.17, 15) is 9.59 Å². The molecule has 4 heteroatoms. The summed E-state index contributed by atoms with van der Waals surface area (Å²) in [6.07, 6.45) is 6.16. The Balaban J connectivity index is 2.17. The van der Waals surface area contributed by atoms with Gasteiger partial charge in [-0.3, -0.25) is 4.79 Å². The van der Waals surface area contributed by atoms with Crippen LogP contribution in [0.3, 0.4) is 0 Å². The third kappa shape index (κ3) is 5.90. The maximum Gasteiger partial charge on any atom is 0.333 e. The Bertz CT molecular complexity index is 340. The lowest BCUT2D eigenvalue weighted by Crippen LogP contribution is -2.33. The summed E-state index contributed by atoms with van der Waals surface area (Å²) >= 11 is 0. The van der Waals surface area contributed by atoms with Crippen molar-refractivity contribution in [3.63, 3.8) is 0 Å². The van der Waals surface area contributed by atoms with Crippen molar-refractivity contribution in [1.82, 2.24) is 0 Å². The minimum atomic E-state index is -0.410. The van der Waals surface area contributed by atoms with Gasteiger partial charge in [-0.05, 0) is 46.0 Å². The number of hydrogen-bond acceptors (Lipinski definition) is 4. The highest BCUT2D eigenvalue weighted by Crippen LogP contribution is 2.31. The van der Waals surface area contributed by atoms with E-state index in [0.29, 0.717) is 18.4 Å². The fraction of sp³-hybridized carbons (Fsp3) is 0.733. The van der Waals surface area contributed by atoms with E-state index in [4.69, 9.17) is 9.47 Å². The maximum atomic E-state index is 11.7. The molecule has 108 valence electrons. The molecule has 0 heterocycles. The lowest BCUT2D eigenvalue weighted by Gasteiger charge is -2.33. The van der Waals surface area contributed by atoms with Crippen LogP contribution in [0, 0.1) is 0 Å². The molecule has 1 aliphatic rings. The first-order chi connectivity index (χ1) is 8.93. The largest absolute Gasteiger partial charge is 0.462 e. The van der Waals surface area contributed by atoms with E-state index in [1.807, 2.05) is 6.92 Å². The smallest absolute Gasteiger partial charge is 0.333 e. The van der Waals surface area contributed by atoms with Crippen LogP contribution in [0.15, 0.2) is 12.2 Å². The van der Waals surface area contributed by atoms with Gasteiger partial charge in [0.25, 0.3) is 0 Å². The second kappa shape index (κ2) is 7.31. The molecule has 0 aromatic carbocycles. The zero-order valence-electron chi connectivity index (χ0n) is 12.0. The number of esters is 2. The Morgan fingerprint density at radius 1 is 1.21 bits per heavy atom. The molecule has 0 aliphatic heterocycles. The van der Waals surface area contributed by atoms with Crippen molar-refractivity contribution < 1.29 is 19.1 Å². The van der Waals surface area contributed by atoms with Crippen LogP contribution in [0.2, 0.25) is 0 Å². The zero-order valence-corrected chi connectivity index (χ0v) is 12.0. The number of hydrogen-bond donors (Lipinski definition) is 0. The van der Waals surface area contributed by atoms with E-state index in [0.717, 1.165) is 25.7 Å². The first-order valence-corrected chi connectivity index (χ1v) is 6.97. The molecule has 0 atom stereocenters. The summed E-state index contributed by atoms with van der Waals surface area (Å²) < 4.78 is 10.5. The molecule has 1 rings (SSSR count). The highest BCUT2D eigenvalue weighted by atomic mass is 16.6. The van der Waals surface area contributed by atoms with Crippen LogP contribution in [0.25, 0.3) is 0 Å². The van der Waals surface area contributed by atoms with Crippen molar-refractivity contribution in [2.75, 3.05) is 6.61 Å². The first-order valence-electron chi connectivity index (χ1n) is 6.97. The average molecular weight is 268 g/mol. The van der Waals surface area contributed by atoms with Gasteiger partial charge < -0.3 is 9.47 Å². The molecule has 19 heavy (non-hydrogen) atoms. The number of rotatable bonds is 6. The normalized spacial score (nSPS) is 17.6. The van der Waals surface area contributed by atoms with Gasteiger partial charge in [0.05, 0.1) is 6.61 Å². The van der Waals surface area contributed by atoms with Crippen LogP contribution in [0.5, 0.6) is 0 Å². The summed E-state index contributed by atoms with van der Waals surface area (Å²) in [7, 11) is 0. The van der Waals surface area contributed by atoms with E-state index in [1.165, 1.54) is 6.42 Å². The van der Waals surface area contributed by atoms with Crippen molar-refractivity contribution in [3.05, 3.63) is 12.2 Å². The summed E-state index contributed by atoms with van der Waals surface area (Å²) in [4.78, 5) is 22.8. The Labute approximate surface area is 115 Å². The molecular formula is C15H24O4. The molecule has 1 saturated carbocycles. The van der Waals surface area contributed by atoms with Crippen molar-refractivity contribution >= 4 is 11.9 Å². The van der Waals surface area contributed by atoms with Crippen LogP contribution in [-0.4, -0.2) is 24.1 Å². The van der Waals surface area contributed by atoms with E-state index >= 15 is 0 Å². The second-order valence-corrected chi connectivity index (χ2v) is 5.50. The van der Waals surface area contributed by atoms with Gasteiger partial charge in [-0.25, -0.2) is 4.79 Å². The molecule has 1 fully saturated rings. The van der Waals surface area contributed by atoms with Gasteiger partial charge in [0.2, 0.25) is 0 Å². The SMILES string of the molecule is C=C(C)C(=O)OCCCC(=O)OC1(C)CCCCC1. The van der Waals surface area contributed by atoms with Crippen LogP contribution in [-0.2, 0) is 19.1 Å². The van der Waals surface area contributed by atoms with E-state index in [1.54, 1.807) is 6.92 Å². The van der Waals surface area contributed by atoms with Gasteiger partial charge in [-0.15, -0.1) is 0 Å². The topological polar surface area (TPSA) is 52.6 Å². The molecule has 0 N–H and O–H groups in total. The molecule has 0 aromatic rings. The van der Waals surface area contributed by atoms with Crippen LogP contribution >= 0.6 is 0 Å². The maximum absolute atomic E-state index is 11.7. The second-order valence-electron chi connectivity index (χ2n) is 5.50. The Kier molecular flexibility index (Phi) is 6.06. The molecule has 0 aromatic heterocycles. The number of carbonyl (C=O) groups excluding carboxylic acids is 2. The molecule has 0 bridgehead atoms. The summed E-state index contributed by atoms with van der Waals surface area (Å²) in [6.45, 7) is 7.33. The molecule has 0 amide bonds. The Hall–Kier alpha value is -1.32. The highest BCUT2D eigenvalue weighted by molar-refractivity contribution is 5.86. The summed E-state index contributed by atoms with van der Waals surface area (Å²) in [6, 6.07) is 0. The van der Waals surface area contributed by atoms with Gasteiger partial charge >= 0.3 is 11.9 Å². The lowest BCUT2D eigenvalue weighted by atomic mass is 9.86. The monoisotopic (exact) mass is 268 g/mol. The highest BCUT2D eigenvalue weighted by Gasteiger charge is 2.30. The van der Waals surface area contributed by atoms with Gasteiger partial charge in [-0.1, -0.05) is 13.0 Å². The summed E-state index contributed by atoms with van der Waals surface area (Å²) in [5, 5.41) is 0. The van der Waals surface area contributed by atoms with Crippen LogP contribution in [0.4, 0.5) is 0 Å². The van der Waals surface area contributed by atoms with Gasteiger partial charge in [-0.2, -0.15) is 0 Å². The fourth-order valence-corrected chi connectivity index (χ4v) is 2.23. The lowest BCUT2D eigenvalue weighted by molar-refractivity contribution is -0.162. The zero-order chi connectivity index (χ0) is 14.3. The molecule has 1 aliphatic carbocycles. The number of ether oxygens (including phenoxy) is 2. The average Bonchev–Trinajstić information content (AvgIpc) is 2.34. The number of carbonyl (C=O) groups is 2. The van der Waals surface area contributed by atoms with E-state index in [-0.39, 0.29) is 18.2 Å². The van der Waals surface area contributed by atoms with Gasteiger partial charge in [0, 0.05) is 12.0 Å². The Morgan fingerprint density at radius 3 is 2.42 bits per heavy atom. The third-order valence-corrected chi connectivity index (χ3v) is 3.38. The summed E-state index contributed by atoms with van der Waals surface area (Å²) in [5.74, 6) is -0.608. The third-order valence-electron chi connectivity index (χ3n) is 3.38. The van der Waals surface area contributed by atoms with Gasteiger partial charge in [0.1, 0.15) is 5.60 Å². The predicted octanol–water partition coefficient (Wildman–Crippen LogP) is 3.15. The Morgan fingerprint density at radius 2 is 1.84 bits per heavy atom. The van der Waals surface area contributed by atoms with Crippen molar-refractivity contribution in [2.24, 2.45) is 0 Å². The molecule has 0 spiro atoms. The van der Waals surface area contributed by atoms with Crippen molar-refractivity contribution in [3.8, 4) is 0 Å². The van der Waals surface area contributed by atoms with E-state index < -0.39 is 5.97 Å². The van der Waals surface area contributed by atoms with Crippen molar-refractivity contribution in [1.29, 1.82) is 0 Å². The predicted molar refractivity (Wildman–Crippen MR) is 72.6 cm³/mol. The minimum absolute atomic E-state index is 0.198. The van der Waals surface area contributed by atoms with E-state index in [2.05, 4.69) is 6.58 Å². The molecule has 0 saturated heterocycles. The van der Waals surface area contributed by atoms with Crippen molar-refractivity contribution in [2.45, 2.75) is 64.4 Å². The fourth-order valence-electron chi connectivity index (χ4n) is 2.23. The first kappa shape index (κ1) is 15.7. The van der Waals surface area contributed by atoms with Crippen LogP contribution < -0.4 is 0 Å². The summed E-state index contributed by atoms with van der Waals surface area (Å²) in [5.41, 5.74) is 0.0845. The van der Waals surface area contributed by atoms with Gasteiger partial charge in [0.15, 0.2) is 0 Å². The molecule has 4 nitrogen and oxygen atoms in total. The molecular weight excluding hydrogens is 244 g/mol. The molecule has 0 radical (unpaired) electrons. The quantitative estimate of drug-likeness (QED) is 0.422. The minimum Gasteiger partial charge on any atom is -0.462 e. The molecule has 0 unspecified atom stereocenters. The van der Waals surface area contributed by atoms with Crippen LogP contribution in [0.1, 0.15) is 58.8 Å².